The van der Waals surface area contributed by atoms with Gasteiger partial charge in [0.1, 0.15) is 23.7 Å². The van der Waals surface area contributed by atoms with Crippen molar-refractivity contribution in [3.05, 3.63) is 59.2 Å². The van der Waals surface area contributed by atoms with Crippen LogP contribution in [0.4, 0.5) is 13.2 Å². The molecular formula is C19H17F3O3. The van der Waals surface area contributed by atoms with Crippen LogP contribution in [0.15, 0.2) is 42.5 Å². The predicted octanol–water partition coefficient (Wildman–Crippen LogP) is 5.03. The van der Waals surface area contributed by atoms with Crippen LogP contribution in [-0.4, -0.2) is 11.4 Å². The lowest BCUT2D eigenvalue weighted by Crippen LogP contribution is -2.35. The number of alkyl halides is 3. The molecule has 0 unspecified atom stereocenters. The number of carbonyl (C=O) groups excluding carboxylic acids is 1. The van der Waals surface area contributed by atoms with Gasteiger partial charge in [0.2, 0.25) is 0 Å². The van der Waals surface area contributed by atoms with Gasteiger partial charge in [-0.05, 0) is 32.0 Å². The standard InChI is InChI=1S/C19H17F3O3/c1-18(2)10-16(23)14-8-7-13(9-17(14)25-18)24-11-12-5-3-4-6-15(12)19(20,21)22/h3-9H,10-11H2,1-2H3. The molecule has 0 saturated heterocycles. The van der Waals surface area contributed by atoms with Crippen LogP contribution in [0.25, 0.3) is 0 Å². The van der Waals surface area contributed by atoms with E-state index in [0.717, 1.165) is 6.07 Å². The molecule has 25 heavy (non-hydrogen) atoms. The number of hydrogen-bond acceptors (Lipinski definition) is 3. The highest BCUT2D eigenvalue weighted by atomic mass is 19.4. The summed E-state index contributed by atoms with van der Waals surface area (Å²) < 4.78 is 50.3. The van der Waals surface area contributed by atoms with Gasteiger partial charge in [0.05, 0.1) is 17.5 Å². The fraction of sp³-hybridized carbons (Fsp3) is 0.316. The van der Waals surface area contributed by atoms with Crippen molar-refractivity contribution in [2.45, 2.75) is 38.7 Å². The van der Waals surface area contributed by atoms with Crippen molar-refractivity contribution in [2.75, 3.05) is 0 Å². The molecule has 2 aromatic rings. The third kappa shape index (κ3) is 3.78. The summed E-state index contributed by atoms with van der Waals surface area (Å²) in [5.41, 5.74) is -0.834. The zero-order valence-electron chi connectivity index (χ0n) is 13.8. The number of benzene rings is 2. The summed E-state index contributed by atoms with van der Waals surface area (Å²) in [6.07, 6.45) is -4.16. The van der Waals surface area contributed by atoms with E-state index in [1.165, 1.54) is 18.2 Å². The van der Waals surface area contributed by atoms with E-state index in [2.05, 4.69) is 0 Å². The lowest BCUT2D eigenvalue weighted by molar-refractivity contribution is -0.138. The minimum absolute atomic E-state index is 0.0276. The van der Waals surface area contributed by atoms with Crippen molar-refractivity contribution < 1.29 is 27.4 Å². The van der Waals surface area contributed by atoms with Gasteiger partial charge in [-0.15, -0.1) is 0 Å². The van der Waals surface area contributed by atoms with Gasteiger partial charge in [-0.3, -0.25) is 4.79 Å². The van der Waals surface area contributed by atoms with E-state index in [9.17, 15) is 18.0 Å². The largest absolute Gasteiger partial charge is 0.489 e. The first kappa shape index (κ1) is 17.3. The molecule has 0 fully saturated rings. The molecule has 1 aliphatic heterocycles. The maximum Gasteiger partial charge on any atom is 0.416 e. The fourth-order valence-corrected chi connectivity index (χ4v) is 2.81. The first-order valence-corrected chi connectivity index (χ1v) is 7.80. The average molecular weight is 350 g/mol. The molecule has 0 saturated carbocycles. The summed E-state index contributed by atoms with van der Waals surface area (Å²) in [6, 6.07) is 9.97. The van der Waals surface area contributed by atoms with Gasteiger partial charge < -0.3 is 9.47 Å². The zero-order chi connectivity index (χ0) is 18.2. The molecule has 0 bridgehead atoms. The molecule has 2 aromatic carbocycles. The molecule has 3 nitrogen and oxygen atoms in total. The molecule has 132 valence electrons. The minimum Gasteiger partial charge on any atom is -0.489 e. The first-order valence-electron chi connectivity index (χ1n) is 7.80. The van der Waals surface area contributed by atoms with Crippen molar-refractivity contribution in [2.24, 2.45) is 0 Å². The fourth-order valence-electron chi connectivity index (χ4n) is 2.81. The predicted molar refractivity (Wildman–Crippen MR) is 85.9 cm³/mol. The van der Waals surface area contributed by atoms with Crippen molar-refractivity contribution in [3.8, 4) is 11.5 Å². The van der Waals surface area contributed by atoms with Crippen LogP contribution in [0.1, 0.15) is 41.8 Å². The van der Waals surface area contributed by atoms with Crippen LogP contribution in [0.5, 0.6) is 11.5 Å². The van der Waals surface area contributed by atoms with Crippen molar-refractivity contribution >= 4 is 5.78 Å². The van der Waals surface area contributed by atoms with Gasteiger partial charge in [0.25, 0.3) is 0 Å². The molecule has 0 spiro atoms. The van der Waals surface area contributed by atoms with Gasteiger partial charge in [0.15, 0.2) is 5.78 Å². The summed E-state index contributed by atoms with van der Waals surface area (Å²) in [7, 11) is 0. The summed E-state index contributed by atoms with van der Waals surface area (Å²) in [4.78, 5) is 12.1. The molecule has 0 aliphatic carbocycles. The van der Waals surface area contributed by atoms with Gasteiger partial charge >= 0.3 is 6.18 Å². The second kappa shape index (κ2) is 6.10. The normalized spacial score (nSPS) is 16.1. The molecule has 0 radical (unpaired) electrons. The van der Waals surface area contributed by atoms with Crippen LogP contribution in [0.3, 0.4) is 0 Å². The SMILES string of the molecule is CC1(C)CC(=O)c2ccc(OCc3ccccc3C(F)(F)F)cc2O1. The Morgan fingerprint density at radius 2 is 1.88 bits per heavy atom. The Bertz CT molecular complexity index is 810. The van der Waals surface area contributed by atoms with Crippen LogP contribution < -0.4 is 9.47 Å². The average Bonchev–Trinajstić information content (AvgIpc) is 2.50. The van der Waals surface area contributed by atoms with E-state index in [1.807, 2.05) is 0 Å². The zero-order valence-corrected chi connectivity index (χ0v) is 13.8. The highest BCUT2D eigenvalue weighted by Gasteiger charge is 2.34. The third-order valence-electron chi connectivity index (χ3n) is 3.94. The molecular weight excluding hydrogens is 333 g/mol. The summed E-state index contributed by atoms with van der Waals surface area (Å²) in [6.45, 7) is 3.38. The van der Waals surface area contributed by atoms with Crippen LogP contribution in [0.2, 0.25) is 0 Å². The summed E-state index contributed by atoms with van der Waals surface area (Å²) >= 11 is 0. The first-order chi connectivity index (χ1) is 11.7. The Balaban J connectivity index is 1.81. The second-order valence-corrected chi connectivity index (χ2v) is 6.56. The third-order valence-corrected chi connectivity index (χ3v) is 3.94. The topological polar surface area (TPSA) is 35.5 Å². The number of carbonyl (C=O) groups is 1. The number of hydrogen-bond donors (Lipinski definition) is 0. The molecule has 1 heterocycles. The molecule has 6 heteroatoms. The van der Waals surface area contributed by atoms with Crippen LogP contribution in [-0.2, 0) is 12.8 Å². The molecule has 0 N–H and O–H groups in total. The number of halogens is 3. The smallest absolute Gasteiger partial charge is 0.416 e. The number of Topliss-reactive ketones (excluding diaryl/α,β-unsaturated/α-hetero) is 1. The van der Waals surface area contributed by atoms with Gasteiger partial charge in [-0.2, -0.15) is 13.2 Å². The van der Waals surface area contributed by atoms with E-state index in [1.54, 1.807) is 32.0 Å². The van der Waals surface area contributed by atoms with E-state index in [-0.39, 0.29) is 24.4 Å². The molecule has 3 rings (SSSR count). The Kier molecular flexibility index (Phi) is 4.22. The van der Waals surface area contributed by atoms with E-state index >= 15 is 0 Å². The molecule has 0 aromatic heterocycles. The molecule has 0 atom stereocenters. The van der Waals surface area contributed by atoms with Crippen molar-refractivity contribution in [1.82, 2.24) is 0 Å². The van der Waals surface area contributed by atoms with Crippen LogP contribution >= 0.6 is 0 Å². The Morgan fingerprint density at radius 3 is 2.60 bits per heavy atom. The highest BCUT2D eigenvalue weighted by molar-refractivity contribution is 6.00. The number of rotatable bonds is 3. The van der Waals surface area contributed by atoms with Gasteiger partial charge in [-0.25, -0.2) is 0 Å². The molecule has 0 amide bonds. The second-order valence-electron chi connectivity index (χ2n) is 6.56. The van der Waals surface area contributed by atoms with E-state index in [0.29, 0.717) is 17.1 Å². The van der Waals surface area contributed by atoms with Gasteiger partial charge in [0, 0.05) is 11.6 Å². The monoisotopic (exact) mass is 350 g/mol. The van der Waals surface area contributed by atoms with Crippen molar-refractivity contribution in [3.63, 3.8) is 0 Å². The Morgan fingerprint density at radius 1 is 1.16 bits per heavy atom. The number of fused-ring (bicyclic) bond motifs is 1. The molecule has 1 aliphatic rings. The highest BCUT2D eigenvalue weighted by Crippen LogP contribution is 2.36. The van der Waals surface area contributed by atoms with Crippen LogP contribution in [0, 0.1) is 0 Å². The number of ether oxygens (including phenoxy) is 2. The Labute approximate surface area is 143 Å². The maximum absolute atomic E-state index is 13.0. The minimum atomic E-state index is -4.44. The Hall–Kier alpha value is -2.50. The lowest BCUT2D eigenvalue weighted by atomic mass is 9.93. The lowest BCUT2D eigenvalue weighted by Gasteiger charge is -2.31. The van der Waals surface area contributed by atoms with E-state index < -0.39 is 17.3 Å². The van der Waals surface area contributed by atoms with Gasteiger partial charge in [-0.1, -0.05) is 18.2 Å². The number of ketones is 1. The quantitative estimate of drug-likeness (QED) is 0.779. The maximum atomic E-state index is 13.0. The van der Waals surface area contributed by atoms with Crippen molar-refractivity contribution in [1.29, 1.82) is 0 Å². The summed E-state index contributed by atoms with van der Waals surface area (Å²) in [5, 5.41) is 0. The van der Waals surface area contributed by atoms with E-state index in [4.69, 9.17) is 9.47 Å². The summed E-state index contributed by atoms with van der Waals surface area (Å²) in [5.74, 6) is 0.712.